The van der Waals surface area contributed by atoms with Gasteiger partial charge in [-0.15, -0.1) is 0 Å². The SMILES string of the molecule is O=C(CCCN1C(=O)C=CC1=O)NCCCCN(Cc1ccccn1)C1C[C@@H](NCc2ccccn2)C[C@@H](NCc2ccccn2)C1. The molecule has 5 rings (SSSR count). The number of amides is 3. The second-order valence-electron chi connectivity index (χ2n) is 12.3. The van der Waals surface area contributed by atoms with Gasteiger partial charge in [0.15, 0.2) is 0 Å². The van der Waals surface area contributed by atoms with Crippen LogP contribution in [0.25, 0.3) is 0 Å². The molecule has 0 bridgehead atoms. The number of aromatic nitrogens is 3. The third-order valence-corrected chi connectivity index (χ3v) is 8.77. The van der Waals surface area contributed by atoms with Gasteiger partial charge in [-0.05, 0) is 81.5 Å². The van der Waals surface area contributed by atoms with Crippen LogP contribution in [0, 0.1) is 0 Å². The van der Waals surface area contributed by atoms with E-state index in [0.717, 1.165) is 75.4 Å². The molecule has 1 aliphatic carbocycles. The van der Waals surface area contributed by atoms with Crippen molar-refractivity contribution in [3.05, 3.63) is 102 Å². The van der Waals surface area contributed by atoms with Gasteiger partial charge in [-0.2, -0.15) is 0 Å². The first-order valence-electron chi connectivity index (χ1n) is 16.7. The molecule has 3 aromatic rings. The van der Waals surface area contributed by atoms with Crippen LogP contribution in [0.15, 0.2) is 85.3 Å². The normalized spacial score (nSPS) is 19.4. The number of nitrogens with one attached hydrogen (secondary N) is 3. The average molecular weight is 639 g/mol. The standard InChI is InChI=1S/C36H46N8O3/c45-34(13-9-21-44-35(46)14-15-36(44)47)40-19-7-8-20-43(27-30-12-3-6-18-39-30)33-23-31(41-25-28-10-1-4-16-37-28)22-32(24-33)42-26-29-11-2-5-17-38-29/h1-6,10-12,14-18,31-33,41-42H,7-9,13,19-27H2,(H,40,45)/t31-,32+,33?. The molecule has 1 fully saturated rings. The molecule has 3 N–H and O–H groups in total. The number of nitrogens with zero attached hydrogens (tertiary/aromatic N) is 5. The summed E-state index contributed by atoms with van der Waals surface area (Å²) in [5, 5.41) is 10.6. The highest BCUT2D eigenvalue weighted by molar-refractivity contribution is 6.12. The van der Waals surface area contributed by atoms with E-state index < -0.39 is 0 Å². The molecule has 47 heavy (non-hydrogen) atoms. The summed E-state index contributed by atoms with van der Waals surface area (Å²) in [6, 6.07) is 19.1. The molecule has 11 nitrogen and oxygen atoms in total. The van der Waals surface area contributed by atoms with Crippen LogP contribution in [-0.4, -0.2) is 80.2 Å². The minimum atomic E-state index is -0.311. The molecule has 3 atom stereocenters. The highest BCUT2D eigenvalue weighted by atomic mass is 16.2. The van der Waals surface area contributed by atoms with Crippen molar-refractivity contribution in [2.75, 3.05) is 19.6 Å². The Labute approximate surface area is 277 Å². The Morgan fingerprint density at radius 1 is 0.745 bits per heavy atom. The van der Waals surface area contributed by atoms with Crippen molar-refractivity contribution in [2.45, 2.75) is 82.7 Å². The summed E-state index contributed by atoms with van der Waals surface area (Å²) in [7, 11) is 0. The number of unbranched alkanes of at least 4 members (excludes halogenated alkanes) is 1. The van der Waals surface area contributed by atoms with Crippen LogP contribution < -0.4 is 16.0 Å². The Kier molecular flexibility index (Phi) is 13.1. The highest BCUT2D eigenvalue weighted by Crippen LogP contribution is 2.26. The van der Waals surface area contributed by atoms with Gasteiger partial charge in [0.05, 0.1) is 17.1 Å². The van der Waals surface area contributed by atoms with Crippen molar-refractivity contribution in [1.29, 1.82) is 0 Å². The van der Waals surface area contributed by atoms with Gasteiger partial charge in [0, 0.05) is 88.0 Å². The second-order valence-corrected chi connectivity index (χ2v) is 12.3. The molecule has 1 aliphatic heterocycles. The Morgan fingerprint density at radius 3 is 1.87 bits per heavy atom. The van der Waals surface area contributed by atoms with Crippen LogP contribution in [0.2, 0.25) is 0 Å². The molecular weight excluding hydrogens is 592 g/mol. The molecule has 0 saturated heterocycles. The van der Waals surface area contributed by atoms with Crippen LogP contribution in [0.1, 0.15) is 62.0 Å². The number of imide groups is 1. The van der Waals surface area contributed by atoms with Gasteiger partial charge in [0.1, 0.15) is 0 Å². The van der Waals surface area contributed by atoms with Crippen LogP contribution in [0.5, 0.6) is 0 Å². The van der Waals surface area contributed by atoms with Crippen molar-refractivity contribution >= 4 is 17.7 Å². The molecule has 1 saturated carbocycles. The maximum absolute atomic E-state index is 12.4. The molecule has 2 aliphatic rings. The van der Waals surface area contributed by atoms with E-state index in [9.17, 15) is 14.4 Å². The van der Waals surface area contributed by atoms with Crippen LogP contribution in [0.3, 0.4) is 0 Å². The zero-order valence-electron chi connectivity index (χ0n) is 27.0. The summed E-state index contributed by atoms with van der Waals surface area (Å²) in [4.78, 5) is 53.2. The molecular formula is C36H46N8O3. The minimum Gasteiger partial charge on any atom is -0.356 e. The average Bonchev–Trinajstić information content (AvgIpc) is 3.43. The number of hydrogen-bond donors (Lipinski definition) is 3. The third kappa shape index (κ3) is 11.2. The number of pyridine rings is 3. The van der Waals surface area contributed by atoms with Crippen LogP contribution in [0.4, 0.5) is 0 Å². The Balaban J connectivity index is 1.15. The van der Waals surface area contributed by atoms with Gasteiger partial charge in [-0.1, -0.05) is 18.2 Å². The molecule has 4 heterocycles. The largest absolute Gasteiger partial charge is 0.356 e. The van der Waals surface area contributed by atoms with Gasteiger partial charge < -0.3 is 16.0 Å². The summed E-state index contributed by atoms with van der Waals surface area (Å²) in [6.45, 7) is 3.97. The lowest BCUT2D eigenvalue weighted by Crippen LogP contribution is -2.51. The van der Waals surface area contributed by atoms with E-state index in [1.54, 1.807) is 0 Å². The fraction of sp³-hybridized carbons (Fsp3) is 0.444. The van der Waals surface area contributed by atoms with Gasteiger partial charge in [0.25, 0.3) is 11.8 Å². The predicted octanol–water partition coefficient (Wildman–Crippen LogP) is 3.14. The molecule has 248 valence electrons. The molecule has 0 aromatic carbocycles. The summed E-state index contributed by atoms with van der Waals surface area (Å²) >= 11 is 0. The first kappa shape index (κ1) is 34.0. The molecule has 1 unspecified atom stereocenters. The number of carbonyl (C=O) groups excluding carboxylic acids is 3. The van der Waals surface area contributed by atoms with Gasteiger partial charge in [-0.25, -0.2) is 0 Å². The first-order valence-corrected chi connectivity index (χ1v) is 16.7. The van der Waals surface area contributed by atoms with Crippen molar-refractivity contribution in [3.63, 3.8) is 0 Å². The van der Waals surface area contributed by atoms with Gasteiger partial charge in [0.2, 0.25) is 5.91 Å². The maximum Gasteiger partial charge on any atom is 0.253 e. The number of rotatable bonds is 18. The topological polar surface area (TPSA) is 132 Å². The van der Waals surface area contributed by atoms with E-state index in [0.29, 0.717) is 31.1 Å². The van der Waals surface area contributed by atoms with Gasteiger partial charge >= 0.3 is 0 Å². The smallest absolute Gasteiger partial charge is 0.253 e. The molecule has 3 aromatic heterocycles. The van der Waals surface area contributed by atoms with Crippen molar-refractivity contribution < 1.29 is 14.4 Å². The van der Waals surface area contributed by atoms with E-state index in [-0.39, 0.29) is 30.7 Å². The van der Waals surface area contributed by atoms with E-state index in [2.05, 4.69) is 54.0 Å². The minimum absolute atomic E-state index is 0.0571. The van der Waals surface area contributed by atoms with E-state index in [1.807, 2.05) is 55.0 Å². The summed E-state index contributed by atoms with van der Waals surface area (Å²) in [6.07, 6.45) is 13.7. The zero-order chi connectivity index (χ0) is 32.7. The number of carbonyl (C=O) groups is 3. The monoisotopic (exact) mass is 638 g/mol. The Morgan fingerprint density at radius 2 is 1.32 bits per heavy atom. The summed E-state index contributed by atoms with van der Waals surface area (Å²) < 4.78 is 0. The quantitative estimate of drug-likeness (QED) is 0.142. The Hall–Kier alpha value is -4.32. The maximum atomic E-state index is 12.4. The van der Waals surface area contributed by atoms with Crippen molar-refractivity contribution in [3.8, 4) is 0 Å². The predicted molar refractivity (Wildman–Crippen MR) is 179 cm³/mol. The lowest BCUT2D eigenvalue weighted by atomic mass is 9.85. The van der Waals surface area contributed by atoms with Crippen molar-refractivity contribution in [2.24, 2.45) is 0 Å². The molecule has 3 amide bonds. The summed E-state index contributed by atoms with van der Waals surface area (Å²) in [5.74, 6) is -0.679. The second kappa shape index (κ2) is 18.1. The van der Waals surface area contributed by atoms with Gasteiger partial charge in [-0.3, -0.25) is 39.1 Å². The van der Waals surface area contributed by atoms with Crippen LogP contribution >= 0.6 is 0 Å². The Bertz CT molecular complexity index is 1370. The molecule has 0 spiro atoms. The van der Waals surface area contributed by atoms with E-state index in [4.69, 9.17) is 0 Å². The number of hydrogen-bond acceptors (Lipinski definition) is 9. The van der Waals surface area contributed by atoms with Crippen molar-refractivity contribution in [1.82, 2.24) is 40.7 Å². The molecule has 11 heteroatoms. The highest BCUT2D eigenvalue weighted by Gasteiger charge is 2.32. The van der Waals surface area contributed by atoms with Crippen LogP contribution in [-0.2, 0) is 34.0 Å². The molecule has 0 radical (unpaired) electrons. The van der Waals surface area contributed by atoms with E-state index >= 15 is 0 Å². The first-order chi connectivity index (χ1) is 23.0. The fourth-order valence-electron chi connectivity index (χ4n) is 6.32. The van der Waals surface area contributed by atoms with E-state index in [1.165, 1.54) is 17.1 Å². The summed E-state index contributed by atoms with van der Waals surface area (Å²) in [5.41, 5.74) is 3.12. The zero-order valence-corrected chi connectivity index (χ0v) is 27.0. The third-order valence-electron chi connectivity index (χ3n) is 8.77. The fourth-order valence-corrected chi connectivity index (χ4v) is 6.32. The lowest BCUT2D eigenvalue weighted by molar-refractivity contribution is -0.137. The lowest BCUT2D eigenvalue weighted by Gasteiger charge is -2.41.